The smallest absolute Gasteiger partial charge is 0.0759 e. The molecule has 0 radical (unpaired) electrons. The minimum Gasteiger partial charge on any atom is -0.305 e. The van der Waals surface area contributed by atoms with Gasteiger partial charge in [-0.25, -0.2) is 0 Å². The maximum Gasteiger partial charge on any atom is 0.0759 e. The second-order valence-electron chi connectivity index (χ2n) is 4.89. The lowest BCUT2D eigenvalue weighted by Crippen LogP contribution is -2.25. The number of thioether (sulfide) groups is 1. The Bertz CT molecular complexity index is 546. The molecule has 0 fully saturated rings. The van der Waals surface area contributed by atoms with Crippen molar-refractivity contribution < 1.29 is 0 Å². The molecular weight excluding hydrogens is 346 g/mol. The third-order valence-electron chi connectivity index (χ3n) is 3.33. The minimum absolute atomic E-state index is 0.160. The van der Waals surface area contributed by atoms with Crippen LogP contribution in [0.25, 0.3) is 0 Å². The highest BCUT2D eigenvalue weighted by atomic mass is 79.9. The Kier molecular flexibility index (Phi) is 6.33. The largest absolute Gasteiger partial charge is 0.305 e. The number of hydrogen-bond acceptors (Lipinski definition) is 3. The Morgan fingerprint density at radius 1 is 1.29 bits per heavy atom. The van der Waals surface area contributed by atoms with Gasteiger partial charge in [0.05, 0.1) is 22.4 Å². The molecule has 0 saturated heterocycles. The van der Waals surface area contributed by atoms with Crippen molar-refractivity contribution in [2.75, 3.05) is 12.3 Å². The van der Waals surface area contributed by atoms with E-state index in [1.165, 1.54) is 16.2 Å². The van der Waals surface area contributed by atoms with Gasteiger partial charge in [0, 0.05) is 11.9 Å². The molecule has 1 aromatic heterocycles. The molecule has 1 unspecified atom stereocenters. The minimum atomic E-state index is 0.160. The van der Waals surface area contributed by atoms with Crippen LogP contribution in [0.5, 0.6) is 0 Å². The molecule has 5 heteroatoms. The van der Waals surface area contributed by atoms with Gasteiger partial charge < -0.3 is 5.32 Å². The second-order valence-corrected chi connectivity index (χ2v) is 7.08. The lowest BCUT2D eigenvalue weighted by molar-refractivity contribution is 0.552. The Morgan fingerprint density at radius 3 is 2.52 bits per heavy atom. The van der Waals surface area contributed by atoms with Crippen LogP contribution >= 0.6 is 27.7 Å². The van der Waals surface area contributed by atoms with Crippen molar-refractivity contribution in [3.05, 3.63) is 46.2 Å². The predicted octanol–water partition coefficient (Wildman–Crippen LogP) is 4.38. The number of rotatable bonds is 7. The zero-order chi connectivity index (χ0) is 15.2. The van der Waals surface area contributed by atoms with Crippen molar-refractivity contribution in [3.8, 4) is 0 Å². The molecule has 0 amide bonds. The summed E-state index contributed by atoms with van der Waals surface area (Å²) in [7, 11) is 1.99. The zero-order valence-corrected chi connectivity index (χ0v) is 15.2. The van der Waals surface area contributed by atoms with Crippen LogP contribution in [0.4, 0.5) is 0 Å². The van der Waals surface area contributed by atoms with Gasteiger partial charge in [-0.05, 0) is 52.3 Å². The first-order chi connectivity index (χ1) is 10.2. The summed E-state index contributed by atoms with van der Waals surface area (Å²) in [6, 6.07) is 8.99. The molecule has 0 aliphatic carbocycles. The zero-order valence-electron chi connectivity index (χ0n) is 12.8. The number of aryl methyl sites for hydroxylation is 1. The fourth-order valence-corrected chi connectivity index (χ4v) is 3.57. The maximum absolute atomic E-state index is 4.34. The lowest BCUT2D eigenvalue weighted by atomic mass is 10.0. The van der Waals surface area contributed by atoms with Gasteiger partial charge in [0.25, 0.3) is 0 Å². The average Bonchev–Trinajstić information content (AvgIpc) is 2.81. The fourth-order valence-electron chi connectivity index (χ4n) is 2.33. The molecule has 0 aliphatic rings. The number of halogens is 1. The fraction of sp³-hybridized carbons (Fsp3) is 0.438. The highest BCUT2D eigenvalue weighted by Crippen LogP contribution is 2.29. The molecule has 0 spiro atoms. The van der Waals surface area contributed by atoms with Crippen LogP contribution in [0.1, 0.15) is 37.6 Å². The van der Waals surface area contributed by atoms with E-state index >= 15 is 0 Å². The van der Waals surface area contributed by atoms with Crippen LogP contribution in [-0.4, -0.2) is 22.1 Å². The van der Waals surface area contributed by atoms with E-state index in [-0.39, 0.29) is 6.04 Å². The standard InChI is InChI=1S/C16H22BrN3S/c1-4-10-18-15(16-14(17)11-19-20(16)3)12-6-8-13(9-7-12)21-5-2/h6-9,11,15,18H,4-5,10H2,1-3H3. The number of nitrogens with one attached hydrogen (secondary N) is 1. The summed E-state index contributed by atoms with van der Waals surface area (Å²) < 4.78 is 2.98. The van der Waals surface area contributed by atoms with Gasteiger partial charge in [0.15, 0.2) is 0 Å². The summed E-state index contributed by atoms with van der Waals surface area (Å²) in [6.45, 7) is 5.34. The van der Waals surface area contributed by atoms with Crippen molar-refractivity contribution in [1.29, 1.82) is 0 Å². The molecular formula is C16H22BrN3S. The SMILES string of the molecule is CCCNC(c1ccc(SCC)cc1)c1c(Br)cnn1C. The van der Waals surface area contributed by atoms with E-state index in [1.54, 1.807) is 0 Å². The summed E-state index contributed by atoms with van der Waals surface area (Å²) in [5.74, 6) is 1.10. The highest BCUT2D eigenvalue weighted by Gasteiger charge is 2.20. The van der Waals surface area contributed by atoms with E-state index in [1.807, 2.05) is 29.7 Å². The molecule has 114 valence electrons. The molecule has 0 aliphatic heterocycles. The molecule has 0 bridgehead atoms. The predicted molar refractivity (Wildman–Crippen MR) is 93.9 cm³/mol. The summed E-state index contributed by atoms with van der Waals surface area (Å²) in [4.78, 5) is 1.32. The van der Waals surface area contributed by atoms with E-state index < -0.39 is 0 Å². The molecule has 1 N–H and O–H groups in total. The first-order valence-corrected chi connectivity index (χ1v) is 9.08. The van der Waals surface area contributed by atoms with E-state index in [0.29, 0.717) is 0 Å². The van der Waals surface area contributed by atoms with Crippen LogP contribution in [0.15, 0.2) is 39.8 Å². The quantitative estimate of drug-likeness (QED) is 0.736. The van der Waals surface area contributed by atoms with Crippen molar-refractivity contribution >= 4 is 27.7 Å². The van der Waals surface area contributed by atoms with Crippen LogP contribution < -0.4 is 5.32 Å². The van der Waals surface area contributed by atoms with Gasteiger partial charge in [0.1, 0.15) is 0 Å². The Morgan fingerprint density at radius 2 is 2.00 bits per heavy atom. The van der Waals surface area contributed by atoms with Gasteiger partial charge in [-0.3, -0.25) is 4.68 Å². The molecule has 0 saturated carbocycles. The maximum atomic E-state index is 4.34. The van der Waals surface area contributed by atoms with E-state index in [2.05, 4.69) is 64.5 Å². The Hall–Kier alpha value is -0.780. The van der Waals surface area contributed by atoms with Crippen molar-refractivity contribution in [1.82, 2.24) is 15.1 Å². The van der Waals surface area contributed by atoms with Crippen molar-refractivity contribution in [3.63, 3.8) is 0 Å². The topological polar surface area (TPSA) is 29.9 Å². The summed E-state index contributed by atoms with van der Waals surface area (Å²) >= 11 is 5.49. The van der Waals surface area contributed by atoms with Crippen LogP contribution in [0, 0.1) is 0 Å². The average molecular weight is 368 g/mol. The second kappa shape index (κ2) is 8.01. The van der Waals surface area contributed by atoms with E-state index in [4.69, 9.17) is 0 Å². The molecule has 3 nitrogen and oxygen atoms in total. The lowest BCUT2D eigenvalue weighted by Gasteiger charge is -2.20. The van der Waals surface area contributed by atoms with Gasteiger partial charge in [-0.15, -0.1) is 11.8 Å². The monoisotopic (exact) mass is 367 g/mol. The van der Waals surface area contributed by atoms with Crippen LogP contribution in [0.2, 0.25) is 0 Å². The van der Waals surface area contributed by atoms with Gasteiger partial charge in [-0.2, -0.15) is 5.10 Å². The highest BCUT2D eigenvalue weighted by molar-refractivity contribution is 9.10. The Balaban J connectivity index is 2.31. The third kappa shape index (κ3) is 4.11. The molecule has 1 heterocycles. The number of hydrogen-bond donors (Lipinski definition) is 1. The first kappa shape index (κ1) is 16.6. The third-order valence-corrected chi connectivity index (χ3v) is 4.84. The Labute approximate surface area is 139 Å². The molecule has 1 aromatic carbocycles. The molecule has 2 aromatic rings. The molecule has 2 rings (SSSR count). The number of aromatic nitrogens is 2. The van der Waals surface area contributed by atoms with E-state index in [9.17, 15) is 0 Å². The normalized spacial score (nSPS) is 12.6. The van der Waals surface area contributed by atoms with Crippen molar-refractivity contribution in [2.24, 2.45) is 7.05 Å². The van der Waals surface area contributed by atoms with Crippen molar-refractivity contribution in [2.45, 2.75) is 31.2 Å². The van der Waals surface area contributed by atoms with E-state index in [0.717, 1.165) is 23.2 Å². The van der Waals surface area contributed by atoms with Gasteiger partial charge >= 0.3 is 0 Å². The number of nitrogens with zero attached hydrogens (tertiary/aromatic N) is 2. The summed E-state index contributed by atoms with van der Waals surface area (Å²) in [6.07, 6.45) is 2.97. The van der Waals surface area contributed by atoms with Crippen LogP contribution in [-0.2, 0) is 7.05 Å². The summed E-state index contributed by atoms with van der Waals surface area (Å²) in [5.41, 5.74) is 2.44. The van der Waals surface area contributed by atoms with Gasteiger partial charge in [-0.1, -0.05) is 26.0 Å². The van der Waals surface area contributed by atoms with Gasteiger partial charge in [0.2, 0.25) is 0 Å². The molecule has 21 heavy (non-hydrogen) atoms. The number of benzene rings is 1. The summed E-state index contributed by atoms with van der Waals surface area (Å²) in [5, 5.41) is 7.97. The first-order valence-electron chi connectivity index (χ1n) is 7.30. The van der Waals surface area contributed by atoms with Crippen LogP contribution in [0.3, 0.4) is 0 Å². The molecule has 1 atom stereocenters.